The van der Waals surface area contributed by atoms with Crippen LogP contribution in [0.3, 0.4) is 0 Å². The van der Waals surface area contributed by atoms with E-state index in [1.54, 1.807) is 6.08 Å². The molecule has 6 N–H and O–H groups in total. The smallest absolute Gasteiger partial charge is 0.220 e. The van der Waals surface area contributed by atoms with Crippen LogP contribution in [0.4, 0.5) is 0 Å². The van der Waals surface area contributed by atoms with Gasteiger partial charge in [0.05, 0.1) is 25.4 Å². The van der Waals surface area contributed by atoms with E-state index < -0.39 is 49.5 Å². The molecule has 0 spiro atoms. The predicted octanol–water partition coefficient (Wildman–Crippen LogP) is 10.0. The molecule has 9 nitrogen and oxygen atoms in total. The van der Waals surface area contributed by atoms with Crippen molar-refractivity contribution in [3.05, 3.63) is 60.8 Å². The second-order valence-corrected chi connectivity index (χ2v) is 16.2. The van der Waals surface area contributed by atoms with Crippen molar-refractivity contribution in [2.45, 2.75) is 230 Å². The molecule has 58 heavy (non-hydrogen) atoms. The molecule has 0 aromatic heterocycles. The standard InChI is InChI=1S/C49H87NO8/c1-3-5-7-9-11-13-15-17-18-19-20-21-22-23-24-25-26-27-29-31-33-35-37-39-45(53)50-42(41-57-49-48(56)47(55)46(54)44(40-51)58-49)43(52)38-36-34-32-30-28-16-14-12-10-8-6-4-2/h10,12,15,17,19-20,28,30,36,38,42-44,46-49,51-52,54-56H,3-9,11,13-14,16,18,21-27,29,31-35,37,39-41H2,1-2H3,(H,50,53)/b12-10+,17-15-,20-19-,30-28+,38-36+. The fourth-order valence-corrected chi connectivity index (χ4v) is 6.97. The molecule has 1 rings (SSSR count). The Hall–Kier alpha value is -2.11. The van der Waals surface area contributed by atoms with E-state index in [-0.39, 0.29) is 12.5 Å². The summed E-state index contributed by atoms with van der Waals surface area (Å²) in [5.74, 6) is -0.197. The molecule has 7 atom stereocenters. The molecule has 0 aromatic carbocycles. The number of carbonyl (C=O) groups is 1. The monoisotopic (exact) mass is 818 g/mol. The minimum atomic E-state index is -1.58. The molecule has 0 aromatic rings. The van der Waals surface area contributed by atoms with E-state index in [9.17, 15) is 30.3 Å². The van der Waals surface area contributed by atoms with Gasteiger partial charge >= 0.3 is 0 Å². The van der Waals surface area contributed by atoms with Crippen molar-refractivity contribution in [2.24, 2.45) is 0 Å². The second-order valence-electron chi connectivity index (χ2n) is 16.2. The lowest BCUT2D eigenvalue weighted by Crippen LogP contribution is -2.60. The minimum absolute atomic E-state index is 0.197. The van der Waals surface area contributed by atoms with Crippen LogP contribution in [0, 0.1) is 0 Å². The van der Waals surface area contributed by atoms with Gasteiger partial charge in [0.1, 0.15) is 24.4 Å². The zero-order valence-corrected chi connectivity index (χ0v) is 36.8. The third kappa shape index (κ3) is 29.2. The van der Waals surface area contributed by atoms with Crippen LogP contribution in [0.25, 0.3) is 0 Å². The number of aliphatic hydroxyl groups is 5. The molecular formula is C49H87NO8. The summed E-state index contributed by atoms with van der Waals surface area (Å²) >= 11 is 0. The number of amides is 1. The van der Waals surface area contributed by atoms with E-state index in [4.69, 9.17) is 9.47 Å². The van der Waals surface area contributed by atoms with Gasteiger partial charge in [-0.25, -0.2) is 0 Å². The summed E-state index contributed by atoms with van der Waals surface area (Å²) in [7, 11) is 0. The van der Waals surface area contributed by atoms with Gasteiger partial charge in [-0.05, 0) is 70.6 Å². The Morgan fingerprint density at radius 3 is 1.60 bits per heavy atom. The molecule has 0 radical (unpaired) electrons. The van der Waals surface area contributed by atoms with Crippen molar-refractivity contribution in [3.8, 4) is 0 Å². The summed E-state index contributed by atoms with van der Waals surface area (Å²) in [6.07, 6.45) is 44.1. The van der Waals surface area contributed by atoms with Crippen molar-refractivity contribution >= 4 is 5.91 Å². The number of nitrogens with one attached hydrogen (secondary N) is 1. The Bertz CT molecular complexity index is 1090. The van der Waals surface area contributed by atoms with Crippen LogP contribution in [0.15, 0.2) is 60.8 Å². The minimum Gasteiger partial charge on any atom is -0.394 e. The van der Waals surface area contributed by atoms with Crippen LogP contribution >= 0.6 is 0 Å². The maximum absolute atomic E-state index is 12.9. The van der Waals surface area contributed by atoms with Crippen molar-refractivity contribution in [2.75, 3.05) is 13.2 Å². The van der Waals surface area contributed by atoms with Gasteiger partial charge in [0, 0.05) is 6.42 Å². The predicted molar refractivity (Wildman–Crippen MR) is 239 cm³/mol. The van der Waals surface area contributed by atoms with Crippen LogP contribution in [-0.4, -0.2) is 87.5 Å². The topological polar surface area (TPSA) is 149 Å². The molecule has 0 bridgehead atoms. The number of ether oxygens (including phenoxy) is 2. The normalized spacial score (nSPS) is 21.4. The van der Waals surface area contributed by atoms with E-state index in [0.717, 1.165) is 57.8 Å². The van der Waals surface area contributed by atoms with Crippen LogP contribution in [-0.2, 0) is 14.3 Å². The average molecular weight is 818 g/mol. The molecule has 1 fully saturated rings. The molecule has 1 saturated heterocycles. The first-order valence-electron chi connectivity index (χ1n) is 23.5. The maximum Gasteiger partial charge on any atom is 0.220 e. The average Bonchev–Trinajstić information content (AvgIpc) is 3.22. The number of aliphatic hydroxyl groups excluding tert-OH is 5. The number of rotatable bonds is 38. The molecule has 1 aliphatic rings. The first-order valence-corrected chi connectivity index (χ1v) is 23.5. The summed E-state index contributed by atoms with van der Waals surface area (Å²) in [6.45, 7) is 3.68. The quantitative estimate of drug-likeness (QED) is 0.0267. The Labute approximate surface area is 354 Å². The van der Waals surface area contributed by atoms with E-state index in [1.807, 2.05) is 6.08 Å². The van der Waals surface area contributed by atoms with Crippen molar-refractivity contribution in [3.63, 3.8) is 0 Å². The zero-order chi connectivity index (χ0) is 42.3. The highest BCUT2D eigenvalue weighted by Crippen LogP contribution is 2.22. The summed E-state index contributed by atoms with van der Waals surface area (Å²) in [5.41, 5.74) is 0. The van der Waals surface area contributed by atoms with Gasteiger partial charge in [0.25, 0.3) is 0 Å². The first-order chi connectivity index (χ1) is 28.3. The van der Waals surface area contributed by atoms with Gasteiger partial charge in [0.2, 0.25) is 5.91 Å². The van der Waals surface area contributed by atoms with Gasteiger partial charge < -0.3 is 40.3 Å². The molecule has 7 unspecified atom stereocenters. The lowest BCUT2D eigenvalue weighted by Gasteiger charge is -2.40. The number of carbonyl (C=O) groups excluding carboxylic acids is 1. The van der Waals surface area contributed by atoms with E-state index >= 15 is 0 Å². The lowest BCUT2D eigenvalue weighted by atomic mass is 9.99. The molecule has 1 aliphatic heterocycles. The molecule has 9 heteroatoms. The fourth-order valence-electron chi connectivity index (χ4n) is 6.97. The Morgan fingerprint density at radius 1 is 0.586 bits per heavy atom. The highest BCUT2D eigenvalue weighted by molar-refractivity contribution is 5.76. The molecule has 336 valence electrons. The van der Waals surface area contributed by atoms with Crippen molar-refractivity contribution in [1.29, 1.82) is 0 Å². The third-order valence-corrected chi connectivity index (χ3v) is 10.8. The summed E-state index contributed by atoms with van der Waals surface area (Å²) in [6, 6.07) is -0.829. The first kappa shape index (κ1) is 53.9. The molecule has 0 saturated carbocycles. The number of unbranched alkanes of at least 4 members (excludes halogenated alkanes) is 20. The van der Waals surface area contributed by atoms with Crippen LogP contribution in [0.1, 0.15) is 187 Å². The number of hydrogen-bond acceptors (Lipinski definition) is 8. The Balaban J connectivity index is 2.30. The number of hydrogen-bond donors (Lipinski definition) is 6. The van der Waals surface area contributed by atoms with Gasteiger partial charge in [-0.3, -0.25) is 4.79 Å². The number of allylic oxidation sites excluding steroid dienone is 9. The highest BCUT2D eigenvalue weighted by Gasteiger charge is 2.44. The van der Waals surface area contributed by atoms with Gasteiger partial charge in [-0.15, -0.1) is 0 Å². The Morgan fingerprint density at radius 2 is 1.05 bits per heavy atom. The van der Waals surface area contributed by atoms with E-state index in [2.05, 4.69) is 67.8 Å². The summed E-state index contributed by atoms with van der Waals surface area (Å²) in [5, 5.41) is 54.1. The molecular weight excluding hydrogens is 731 g/mol. The van der Waals surface area contributed by atoms with Crippen molar-refractivity contribution < 1.29 is 39.8 Å². The molecule has 0 aliphatic carbocycles. The van der Waals surface area contributed by atoms with E-state index in [0.29, 0.717) is 6.42 Å². The van der Waals surface area contributed by atoms with Crippen molar-refractivity contribution in [1.82, 2.24) is 5.32 Å². The van der Waals surface area contributed by atoms with Crippen LogP contribution in [0.5, 0.6) is 0 Å². The van der Waals surface area contributed by atoms with Crippen LogP contribution in [0.2, 0.25) is 0 Å². The lowest BCUT2D eigenvalue weighted by molar-refractivity contribution is -0.302. The zero-order valence-electron chi connectivity index (χ0n) is 36.8. The highest BCUT2D eigenvalue weighted by atomic mass is 16.7. The van der Waals surface area contributed by atoms with Gasteiger partial charge in [-0.1, -0.05) is 171 Å². The largest absolute Gasteiger partial charge is 0.394 e. The molecule has 1 amide bonds. The van der Waals surface area contributed by atoms with Crippen LogP contribution < -0.4 is 5.32 Å². The SMILES string of the molecule is CCCC/C=C/CC/C=C/CC/C=C/C(O)C(COC1OC(CO)C(O)C(O)C1O)NC(=O)CCCCCCCCCCCCC/C=C\C/C=C\CCCCCCC. The third-order valence-electron chi connectivity index (χ3n) is 10.8. The second kappa shape index (κ2) is 39.1. The van der Waals surface area contributed by atoms with E-state index in [1.165, 1.54) is 109 Å². The van der Waals surface area contributed by atoms with Gasteiger partial charge in [-0.2, -0.15) is 0 Å². The maximum atomic E-state index is 12.9. The summed E-state index contributed by atoms with van der Waals surface area (Å²) < 4.78 is 11.2. The Kier molecular flexibility index (Phi) is 36.3. The fraction of sp³-hybridized carbons (Fsp3) is 0.776. The molecule has 1 heterocycles. The van der Waals surface area contributed by atoms with Gasteiger partial charge in [0.15, 0.2) is 6.29 Å². The summed E-state index contributed by atoms with van der Waals surface area (Å²) in [4.78, 5) is 12.9.